The number of allylic oxidation sites excluding steroid dienone is 2. The van der Waals surface area contributed by atoms with E-state index in [1.165, 1.54) is 0 Å². The van der Waals surface area contributed by atoms with Gasteiger partial charge >= 0.3 is 0 Å². The van der Waals surface area contributed by atoms with E-state index in [4.69, 9.17) is 4.74 Å². The molecule has 0 rings (SSSR count). The van der Waals surface area contributed by atoms with Crippen molar-refractivity contribution in [2.24, 2.45) is 5.92 Å². The van der Waals surface area contributed by atoms with E-state index in [9.17, 15) is 4.79 Å². The van der Waals surface area contributed by atoms with Crippen molar-refractivity contribution in [1.29, 1.82) is 0 Å². The molecular formula is C12H21NO2. The third-order valence-electron chi connectivity index (χ3n) is 2.20. The summed E-state index contributed by atoms with van der Waals surface area (Å²) in [6.07, 6.45) is 7.44. The van der Waals surface area contributed by atoms with Crippen LogP contribution in [0.25, 0.3) is 0 Å². The summed E-state index contributed by atoms with van der Waals surface area (Å²) in [6.45, 7) is 3.97. The van der Waals surface area contributed by atoms with Gasteiger partial charge in [-0.05, 0) is 25.5 Å². The Balaban J connectivity index is 4.45. The molecule has 0 radical (unpaired) electrons. The molecule has 1 atom stereocenters. The lowest BCUT2D eigenvalue weighted by molar-refractivity contribution is -0.123. The molecule has 0 aliphatic rings. The highest BCUT2D eigenvalue weighted by molar-refractivity contribution is 5.80. The molecule has 1 N–H and O–H groups in total. The molecule has 1 amide bonds. The Hall–Kier alpha value is -1.25. The zero-order valence-corrected chi connectivity index (χ0v) is 10.0. The Labute approximate surface area is 92.2 Å². The zero-order chi connectivity index (χ0) is 11.7. The normalized spacial score (nSPS) is 14.0. The highest BCUT2D eigenvalue weighted by atomic mass is 16.5. The number of carbonyl (C=O) groups excluding carboxylic acids is 1. The first kappa shape index (κ1) is 13.8. The van der Waals surface area contributed by atoms with Crippen LogP contribution in [0.4, 0.5) is 0 Å². The van der Waals surface area contributed by atoms with Gasteiger partial charge in [0, 0.05) is 7.05 Å². The fourth-order valence-electron chi connectivity index (χ4n) is 1.30. The van der Waals surface area contributed by atoms with Crippen LogP contribution in [0.5, 0.6) is 0 Å². The van der Waals surface area contributed by atoms with E-state index in [0.29, 0.717) is 0 Å². The minimum absolute atomic E-state index is 0.0552. The van der Waals surface area contributed by atoms with E-state index in [1.807, 2.05) is 25.2 Å². The van der Waals surface area contributed by atoms with E-state index >= 15 is 0 Å². The number of nitrogens with one attached hydrogen (secondary N) is 1. The first-order valence-corrected chi connectivity index (χ1v) is 5.29. The van der Waals surface area contributed by atoms with E-state index < -0.39 is 0 Å². The smallest absolute Gasteiger partial charge is 0.226 e. The second kappa shape index (κ2) is 8.09. The van der Waals surface area contributed by atoms with Gasteiger partial charge in [-0.25, -0.2) is 0 Å². The summed E-state index contributed by atoms with van der Waals surface area (Å²) in [5, 5.41) is 2.66. The summed E-state index contributed by atoms with van der Waals surface area (Å²) in [6, 6.07) is 0. The molecule has 15 heavy (non-hydrogen) atoms. The molecule has 0 aliphatic carbocycles. The number of hydrogen-bond donors (Lipinski definition) is 1. The van der Waals surface area contributed by atoms with Gasteiger partial charge in [-0.3, -0.25) is 4.79 Å². The van der Waals surface area contributed by atoms with Gasteiger partial charge in [0.1, 0.15) is 5.76 Å². The fourth-order valence-corrected chi connectivity index (χ4v) is 1.30. The Morgan fingerprint density at radius 1 is 1.53 bits per heavy atom. The first-order chi connectivity index (χ1) is 7.19. The Morgan fingerprint density at radius 2 is 2.20 bits per heavy atom. The topological polar surface area (TPSA) is 38.3 Å². The molecule has 0 aromatic carbocycles. The molecule has 0 aliphatic heterocycles. The Morgan fingerprint density at radius 3 is 2.60 bits per heavy atom. The van der Waals surface area contributed by atoms with Crippen LogP contribution in [0.15, 0.2) is 24.0 Å². The number of rotatable bonds is 6. The van der Waals surface area contributed by atoms with Crippen molar-refractivity contribution < 1.29 is 9.53 Å². The maximum atomic E-state index is 11.5. The predicted molar refractivity (Wildman–Crippen MR) is 62.4 cm³/mol. The van der Waals surface area contributed by atoms with Gasteiger partial charge in [0.15, 0.2) is 0 Å². The minimum atomic E-state index is -0.0647. The van der Waals surface area contributed by atoms with Crippen molar-refractivity contribution in [2.75, 3.05) is 14.2 Å². The number of amides is 1. The lowest BCUT2D eigenvalue weighted by atomic mass is 10.0. The van der Waals surface area contributed by atoms with Gasteiger partial charge in [-0.1, -0.05) is 19.4 Å². The fraction of sp³-hybridized carbons (Fsp3) is 0.583. The molecule has 0 unspecified atom stereocenters. The highest BCUT2D eigenvalue weighted by Gasteiger charge is 2.11. The van der Waals surface area contributed by atoms with E-state index in [2.05, 4.69) is 12.2 Å². The second-order valence-corrected chi connectivity index (χ2v) is 3.26. The van der Waals surface area contributed by atoms with Crippen LogP contribution in [0.3, 0.4) is 0 Å². The van der Waals surface area contributed by atoms with Crippen molar-refractivity contribution in [2.45, 2.75) is 26.7 Å². The standard InChI is InChI=1S/C12H21NO2/c1-5-7-10(12(14)13-3)8-9-11(6-2)15-4/h6,8-10H,5,7H2,1-4H3,(H,13,14)/b9-8-,11-6+/t10-/m1/s1. The summed E-state index contributed by atoms with van der Waals surface area (Å²) < 4.78 is 5.08. The Bertz CT molecular complexity index is 244. The summed E-state index contributed by atoms with van der Waals surface area (Å²) in [4.78, 5) is 11.5. The van der Waals surface area contributed by atoms with Gasteiger partial charge in [0.05, 0.1) is 13.0 Å². The third kappa shape index (κ3) is 5.25. The van der Waals surface area contributed by atoms with Crippen molar-refractivity contribution in [3.8, 4) is 0 Å². The van der Waals surface area contributed by atoms with Crippen LogP contribution in [-0.2, 0) is 9.53 Å². The minimum Gasteiger partial charge on any atom is -0.497 e. The van der Waals surface area contributed by atoms with Crippen LogP contribution >= 0.6 is 0 Å². The molecule has 0 bridgehead atoms. The molecule has 86 valence electrons. The maximum Gasteiger partial charge on any atom is 0.226 e. The molecule has 0 heterocycles. The lowest BCUT2D eigenvalue weighted by Gasteiger charge is -2.09. The molecule has 0 saturated heterocycles. The number of carbonyl (C=O) groups is 1. The van der Waals surface area contributed by atoms with Gasteiger partial charge in [0.25, 0.3) is 0 Å². The van der Waals surface area contributed by atoms with Crippen LogP contribution in [0.1, 0.15) is 26.7 Å². The number of ether oxygens (including phenoxy) is 1. The largest absolute Gasteiger partial charge is 0.497 e. The van der Waals surface area contributed by atoms with Crippen LogP contribution in [-0.4, -0.2) is 20.1 Å². The molecule has 0 aromatic rings. The third-order valence-corrected chi connectivity index (χ3v) is 2.20. The van der Waals surface area contributed by atoms with Gasteiger partial charge in [0.2, 0.25) is 5.91 Å². The number of methoxy groups -OCH3 is 1. The molecule has 0 aromatic heterocycles. The molecule has 0 spiro atoms. The molecule has 0 fully saturated rings. The SMILES string of the molecule is C/C=C(\C=C/[C@@H](CCC)C(=O)NC)OC. The maximum absolute atomic E-state index is 11.5. The monoisotopic (exact) mass is 211 g/mol. The predicted octanol–water partition coefficient (Wildman–Crippen LogP) is 2.26. The zero-order valence-electron chi connectivity index (χ0n) is 10.0. The Kier molecular flexibility index (Phi) is 7.42. The summed E-state index contributed by atoms with van der Waals surface area (Å²) >= 11 is 0. The van der Waals surface area contributed by atoms with Gasteiger partial charge in [-0.15, -0.1) is 0 Å². The molecule has 3 heteroatoms. The lowest BCUT2D eigenvalue weighted by Crippen LogP contribution is -2.25. The van der Waals surface area contributed by atoms with Crippen molar-refractivity contribution in [3.63, 3.8) is 0 Å². The van der Waals surface area contributed by atoms with Crippen molar-refractivity contribution in [1.82, 2.24) is 5.32 Å². The van der Waals surface area contributed by atoms with Crippen molar-refractivity contribution >= 4 is 5.91 Å². The average Bonchev–Trinajstić information content (AvgIpc) is 2.27. The first-order valence-electron chi connectivity index (χ1n) is 5.29. The van der Waals surface area contributed by atoms with Crippen LogP contribution < -0.4 is 5.32 Å². The number of hydrogen-bond acceptors (Lipinski definition) is 2. The summed E-state index contributed by atoms with van der Waals surface area (Å²) in [5.41, 5.74) is 0. The van der Waals surface area contributed by atoms with Gasteiger partial charge in [-0.2, -0.15) is 0 Å². The highest BCUT2D eigenvalue weighted by Crippen LogP contribution is 2.10. The summed E-state index contributed by atoms with van der Waals surface area (Å²) in [5.74, 6) is 0.768. The van der Waals surface area contributed by atoms with Crippen LogP contribution in [0.2, 0.25) is 0 Å². The van der Waals surface area contributed by atoms with Gasteiger partial charge < -0.3 is 10.1 Å². The quantitative estimate of drug-likeness (QED) is 0.540. The van der Waals surface area contributed by atoms with Crippen LogP contribution in [0, 0.1) is 5.92 Å². The molecular weight excluding hydrogens is 190 g/mol. The van der Waals surface area contributed by atoms with E-state index in [-0.39, 0.29) is 11.8 Å². The average molecular weight is 211 g/mol. The second-order valence-electron chi connectivity index (χ2n) is 3.26. The van der Waals surface area contributed by atoms with E-state index in [0.717, 1.165) is 18.6 Å². The molecule has 3 nitrogen and oxygen atoms in total. The van der Waals surface area contributed by atoms with Crippen molar-refractivity contribution in [3.05, 3.63) is 24.0 Å². The van der Waals surface area contributed by atoms with E-state index in [1.54, 1.807) is 14.2 Å². The molecule has 0 saturated carbocycles. The summed E-state index contributed by atoms with van der Waals surface area (Å²) in [7, 11) is 3.28.